The molecule has 1 aliphatic rings. The molecule has 0 saturated carbocycles. The van der Waals surface area contributed by atoms with Crippen LogP contribution in [0.25, 0.3) is 0 Å². The van der Waals surface area contributed by atoms with Gasteiger partial charge in [0.1, 0.15) is 30.0 Å². The highest BCUT2D eigenvalue weighted by Crippen LogP contribution is 2.26. The fraction of sp³-hybridized carbons (Fsp3) is 0.357. The molecule has 2 heterocycles. The lowest BCUT2D eigenvalue weighted by Crippen LogP contribution is -2.45. The van der Waals surface area contributed by atoms with Crippen molar-refractivity contribution < 1.29 is 14.3 Å². The Kier molecular flexibility index (Phi) is 9.10. The van der Waals surface area contributed by atoms with Gasteiger partial charge >= 0.3 is 0 Å². The topological polar surface area (TPSA) is 116 Å². The van der Waals surface area contributed by atoms with E-state index >= 15 is 0 Å². The van der Waals surface area contributed by atoms with Crippen LogP contribution in [-0.2, 0) is 11.4 Å². The molecule has 1 aliphatic heterocycles. The molecule has 38 heavy (non-hydrogen) atoms. The van der Waals surface area contributed by atoms with Crippen LogP contribution in [0.2, 0.25) is 0 Å². The van der Waals surface area contributed by atoms with Gasteiger partial charge in [0.15, 0.2) is 0 Å². The molecule has 1 amide bonds. The van der Waals surface area contributed by atoms with Crippen LogP contribution in [0.3, 0.4) is 0 Å². The quantitative estimate of drug-likeness (QED) is 0.277. The smallest absolute Gasteiger partial charge is 0.236 e. The second-order valence-electron chi connectivity index (χ2n) is 9.40. The second kappa shape index (κ2) is 12.9. The zero-order valence-corrected chi connectivity index (χ0v) is 22.1. The van der Waals surface area contributed by atoms with Crippen LogP contribution >= 0.6 is 0 Å². The molecule has 1 aromatic heterocycles. The zero-order valence-electron chi connectivity index (χ0n) is 22.1. The van der Waals surface area contributed by atoms with Gasteiger partial charge < -0.3 is 29.9 Å². The highest BCUT2D eigenvalue weighted by molar-refractivity contribution is 6.10. The molecule has 0 unspecified atom stereocenters. The molecule has 4 rings (SSSR count). The average molecular weight is 518 g/mol. The van der Waals surface area contributed by atoms with Gasteiger partial charge in [-0.1, -0.05) is 0 Å². The maximum atomic E-state index is 12.3. The molecule has 1 fully saturated rings. The van der Waals surface area contributed by atoms with E-state index in [2.05, 4.69) is 20.6 Å². The molecular formula is C28H35N7O3. The number of hydrogen-bond donors (Lipinski definition) is 3. The molecule has 0 radical (unpaired) electrons. The summed E-state index contributed by atoms with van der Waals surface area (Å²) < 4.78 is 12.0. The summed E-state index contributed by atoms with van der Waals surface area (Å²) in [5.74, 6) is 1.81. The second-order valence-corrected chi connectivity index (χ2v) is 9.40. The number of hydrogen-bond acceptors (Lipinski definition) is 8. The molecular weight excluding hydrogens is 482 g/mol. The van der Waals surface area contributed by atoms with Crippen LogP contribution in [0.4, 0.5) is 11.4 Å². The Labute approximate surface area is 223 Å². The van der Waals surface area contributed by atoms with Crippen molar-refractivity contribution in [2.45, 2.75) is 25.6 Å². The first kappa shape index (κ1) is 26.9. The number of amides is 1. The molecule has 0 atom stereocenters. The molecule has 3 aromatic rings. The first-order valence-corrected chi connectivity index (χ1v) is 12.7. The Hall–Kier alpha value is -4.18. The number of ether oxygens (including phenoxy) is 2. The summed E-state index contributed by atoms with van der Waals surface area (Å²) in [6.07, 6.45) is 6.52. The Morgan fingerprint density at radius 3 is 2.50 bits per heavy atom. The van der Waals surface area contributed by atoms with Crippen molar-refractivity contribution in [3.05, 3.63) is 72.3 Å². The number of carbonyl (C=O) groups excluding carboxylic acids is 1. The Bertz CT molecular complexity index is 1210. The van der Waals surface area contributed by atoms with E-state index < -0.39 is 0 Å². The number of rotatable bonds is 10. The molecule has 2 aromatic carbocycles. The van der Waals surface area contributed by atoms with Gasteiger partial charge in [-0.05, 0) is 56.6 Å². The summed E-state index contributed by atoms with van der Waals surface area (Å²) in [7, 11) is 5.63. The van der Waals surface area contributed by atoms with Crippen molar-refractivity contribution in [3.8, 4) is 11.5 Å². The normalized spacial score (nSPS) is 13.7. The Morgan fingerprint density at radius 1 is 1.11 bits per heavy atom. The van der Waals surface area contributed by atoms with Crippen LogP contribution in [-0.4, -0.2) is 78.4 Å². The van der Waals surface area contributed by atoms with E-state index in [1.165, 1.54) is 0 Å². The zero-order chi connectivity index (χ0) is 26.9. The van der Waals surface area contributed by atoms with Crippen LogP contribution < -0.4 is 20.1 Å². The van der Waals surface area contributed by atoms with E-state index in [-0.39, 0.29) is 17.8 Å². The number of aromatic nitrogens is 2. The highest BCUT2D eigenvalue weighted by Gasteiger charge is 2.24. The summed E-state index contributed by atoms with van der Waals surface area (Å²) in [6, 6.07) is 13.1. The Balaban J connectivity index is 1.33. The van der Waals surface area contributed by atoms with Gasteiger partial charge in [-0.15, -0.1) is 0 Å². The third-order valence-corrected chi connectivity index (χ3v) is 6.21. The predicted octanol–water partition coefficient (Wildman–Crippen LogP) is 3.47. The molecule has 3 N–H and O–H groups in total. The SMILES string of the molecule is CNc1ccc(OC2CCN(C(=O)CN(C)C)CC2)cc1C(=N)Nc1ccc(OCc2cnccn2)cc1. The summed E-state index contributed by atoms with van der Waals surface area (Å²) in [4.78, 5) is 24.4. The van der Waals surface area contributed by atoms with Crippen molar-refractivity contribution in [1.29, 1.82) is 5.41 Å². The fourth-order valence-corrected chi connectivity index (χ4v) is 4.22. The highest BCUT2D eigenvalue weighted by atomic mass is 16.5. The van der Waals surface area contributed by atoms with E-state index in [1.54, 1.807) is 18.6 Å². The summed E-state index contributed by atoms with van der Waals surface area (Å²) >= 11 is 0. The van der Waals surface area contributed by atoms with Crippen molar-refractivity contribution >= 4 is 23.1 Å². The lowest BCUT2D eigenvalue weighted by atomic mass is 10.1. The van der Waals surface area contributed by atoms with E-state index in [1.807, 2.05) is 73.4 Å². The maximum Gasteiger partial charge on any atom is 0.236 e. The predicted molar refractivity (Wildman–Crippen MR) is 148 cm³/mol. The molecule has 1 saturated heterocycles. The number of amidine groups is 1. The third-order valence-electron chi connectivity index (χ3n) is 6.21. The molecule has 10 heteroatoms. The third kappa shape index (κ3) is 7.42. The summed E-state index contributed by atoms with van der Waals surface area (Å²) in [5.41, 5.74) is 3.04. The van der Waals surface area contributed by atoms with Gasteiger partial charge in [0.05, 0.1) is 18.4 Å². The van der Waals surface area contributed by atoms with Crippen LogP contribution in [0, 0.1) is 5.41 Å². The van der Waals surface area contributed by atoms with Crippen LogP contribution in [0.15, 0.2) is 61.1 Å². The molecule has 0 spiro atoms. The average Bonchev–Trinajstić information content (AvgIpc) is 2.93. The van der Waals surface area contributed by atoms with Gasteiger partial charge in [-0.2, -0.15) is 0 Å². The van der Waals surface area contributed by atoms with Gasteiger partial charge in [-0.3, -0.25) is 20.2 Å². The lowest BCUT2D eigenvalue weighted by Gasteiger charge is -2.33. The standard InChI is InChI=1S/C28H35N7O3/c1-30-26-9-8-24(38-23-10-14-35(15-11-23)27(36)18-34(2)3)16-25(26)28(29)33-20-4-6-22(7-5-20)37-19-21-17-31-12-13-32-21/h4-9,12-13,16-17,23,30H,10-11,14-15,18-19H2,1-3H3,(H2,29,33). The lowest BCUT2D eigenvalue weighted by molar-refractivity contribution is -0.133. The van der Waals surface area contributed by atoms with Crippen molar-refractivity contribution in [3.63, 3.8) is 0 Å². The van der Waals surface area contributed by atoms with Crippen LogP contribution in [0.1, 0.15) is 24.1 Å². The van der Waals surface area contributed by atoms with Gasteiger partial charge in [0.25, 0.3) is 0 Å². The largest absolute Gasteiger partial charge is 0.490 e. The number of piperidine rings is 1. The van der Waals surface area contributed by atoms with E-state index in [9.17, 15) is 4.79 Å². The van der Waals surface area contributed by atoms with Gasteiger partial charge in [0.2, 0.25) is 5.91 Å². The number of nitrogens with zero attached hydrogens (tertiary/aromatic N) is 4. The molecule has 10 nitrogen and oxygen atoms in total. The van der Waals surface area contributed by atoms with Gasteiger partial charge in [0, 0.05) is 62.3 Å². The molecule has 200 valence electrons. The summed E-state index contributed by atoms with van der Waals surface area (Å²) in [6.45, 7) is 2.14. The first-order valence-electron chi connectivity index (χ1n) is 12.7. The maximum absolute atomic E-state index is 12.3. The van der Waals surface area contributed by atoms with E-state index in [0.717, 1.165) is 29.9 Å². The first-order chi connectivity index (χ1) is 18.4. The van der Waals surface area contributed by atoms with Crippen molar-refractivity contribution in [1.82, 2.24) is 19.8 Å². The number of benzene rings is 2. The molecule has 0 bridgehead atoms. The minimum absolute atomic E-state index is 0.0308. The monoisotopic (exact) mass is 517 g/mol. The number of likely N-dealkylation sites (tertiary alicyclic amines) is 1. The number of anilines is 2. The van der Waals surface area contributed by atoms with Crippen molar-refractivity contribution in [2.75, 3.05) is 51.4 Å². The van der Waals surface area contributed by atoms with Crippen LogP contribution in [0.5, 0.6) is 11.5 Å². The van der Waals surface area contributed by atoms with E-state index in [4.69, 9.17) is 14.9 Å². The van der Waals surface area contributed by atoms with Gasteiger partial charge in [-0.25, -0.2) is 0 Å². The van der Waals surface area contributed by atoms with E-state index in [0.29, 0.717) is 43.3 Å². The number of carbonyl (C=O) groups is 1. The Morgan fingerprint density at radius 2 is 1.84 bits per heavy atom. The molecule has 0 aliphatic carbocycles. The number of nitrogens with one attached hydrogen (secondary N) is 3. The van der Waals surface area contributed by atoms with Crippen molar-refractivity contribution in [2.24, 2.45) is 0 Å². The minimum Gasteiger partial charge on any atom is -0.490 e. The summed E-state index contributed by atoms with van der Waals surface area (Å²) in [5, 5.41) is 15.0. The number of likely N-dealkylation sites (N-methyl/N-ethyl adjacent to an activating group) is 1. The minimum atomic E-state index is 0.0308. The fourth-order valence-electron chi connectivity index (χ4n) is 4.22.